The molecule has 7 heteroatoms. The zero-order valence-electron chi connectivity index (χ0n) is 20.2. The Hall–Kier alpha value is -4.54. The number of nitrogens with zero attached hydrogens (tertiary/aromatic N) is 4. The van der Waals surface area contributed by atoms with Gasteiger partial charge >= 0.3 is 0 Å². The Kier molecular flexibility index (Phi) is 6.69. The van der Waals surface area contributed by atoms with Crippen molar-refractivity contribution in [2.75, 3.05) is 27.2 Å². The second-order valence-corrected chi connectivity index (χ2v) is 8.70. The fourth-order valence-electron chi connectivity index (χ4n) is 3.90. The van der Waals surface area contributed by atoms with Crippen LogP contribution in [0.2, 0.25) is 0 Å². The van der Waals surface area contributed by atoms with Crippen LogP contribution >= 0.6 is 0 Å². The van der Waals surface area contributed by atoms with Crippen molar-refractivity contribution in [2.45, 2.75) is 6.42 Å². The summed E-state index contributed by atoms with van der Waals surface area (Å²) < 4.78 is 13.9. The highest BCUT2D eigenvalue weighted by molar-refractivity contribution is 5.80. The maximum Gasteiger partial charge on any atom is 0.155 e. The molecule has 2 aromatic carbocycles. The summed E-state index contributed by atoms with van der Waals surface area (Å²) >= 11 is 0. The lowest BCUT2D eigenvalue weighted by molar-refractivity contribution is 0.281. The first kappa shape index (κ1) is 23.2. The average Bonchev–Trinajstić information content (AvgIpc) is 3.37. The van der Waals surface area contributed by atoms with Crippen molar-refractivity contribution in [3.8, 4) is 29.0 Å². The number of aromatic nitrogens is 2. The fraction of sp³-hybridized carbons (Fsp3) is 0.172. The molecule has 7 nitrogen and oxygen atoms in total. The van der Waals surface area contributed by atoms with Crippen molar-refractivity contribution in [3.63, 3.8) is 0 Å². The average molecular weight is 479 g/mol. The summed E-state index contributed by atoms with van der Waals surface area (Å²) in [6, 6.07) is 20.9. The molecule has 0 unspecified atom stereocenters. The minimum absolute atomic E-state index is 0.405. The van der Waals surface area contributed by atoms with E-state index in [2.05, 4.69) is 41.0 Å². The monoisotopic (exact) mass is 478 g/mol. The summed E-state index contributed by atoms with van der Waals surface area (Å²) in [5, 5.41) is 14.2. The van der Waals surface area contributed by atoms with Crippen LogP contribution in [0.5, 0.6) is 5.75 Å². The lowest BCUT2D eigenvalue weighted by Crippen LogP contribution is -2.15. The van der Waals surface area contributed by atoms with E-state index in [1.165, 1.54) is 0 Å². The maximum atomic E-state index is 9.61. The van der Waals surface area contributed by atoms with Gasteiger partial charge in [0.05, 0.1) is 12.9 Å². The Bertz CT molecular complexity index is 1650. The highest BCUT2D eigenvalue weighted by Gasteiger charge is 2.09. The molecule has 0 amide bonds. The molecule has 1 N–H and O–H groups in total. The molecule has 5 rings (SSSR count). The third-order valence-corrected chi connectivity index (χ3v) is 5.73. The van der Waals surface area contributed by atoms with E-state index in [-0.39, 0.29) is 0 Å². The van der Waals surface area contributed by atoms with Gasteiger partial charge in [0.2, 0.25) is 0 Å². The topological polar surface area (TPSA) is 75.5 Å². The van der Waals surface area contributed by atoms with Crippen LogP contribution in [0.1, 0.15) is 17.5 Å². The largest absolute Gasteiger partial charge is 0.494 e. The predicted octanol–water partition coefficient (Wildman–Crippen LogP) is 4.77. The molecular weight excluding hydrogens is 452 g/mol. The first-order valence-electron chi connectivity index (χ1n) is 11.7. The Morgan fingerprint density at radius 3 is 2.72 bits per heavy atom. The second-order valence-electron chi connectivity index (χ2n) is 8.70. The molecule has 0 aliphatic rings. The zero-order valence-corrected chi connectivity index (χ0v) is 20.2. The normalized spacial score (nSPS) is 11.7. The molecule has 0 spiro atoms. The van der Waals surface area contributed by atoms with Crippen LogP contribution in [0, 0.1) is 11.8 Å². The van der Waals surface area contributed by atoms with Crippen molar-refractivity contribution in [2.24, 2.45) is 5.16 Å². The number of fused-ring (bicyclic) bond motifs is 2. The van der Waals surface area contributed by atoms with Crippen LogP contribution in [-0.4, -0.2) is 46.7 Å². The van der Waals surface area contributed by atoms with Gasteiger partial charge in [-0.3, -0.25) is 0 Å². The van der Waals surface area contributed by atoms with E-state index < -0.39 is 0 Å². The van der Waals surface area contributed by atoms with Crippen LogP contribution in [-0.2, 0) is 0 Å². The number of ether oxygens (including phenoxy) is 1. The SMILES string of the molecule is CN(C)CCCOc1cccc(C#Cc2ccc3/c(=N\O)cc(-c4cc5cccn5cn4)oc3c2)c1. The van der Waals surface area contributed by atoms with Crippen molar-refractivity contribution < 1.29 is 14.4 Å². The molecule has 36 heavy (non-hydrogen) atoms. The maximum absolute atomic E-state index is 9.61. The van der Waals surface area contributed by atoms with Crippen LogP contribution in [0.4, 0.5) is 0 Å². The minimum atomic E-state index is 0.405. The molecule has 0 bridgehead atoms. The van der Waals surface area contributed by atoms with E-state index in [9.17, 15) is 5.21 Å². The summed E-state index contributed by atoms with van der Waals surface area (Å²) in [5.74, 6) is 7.70. The van der Waals surface area contributed by atoms with Gasteiger partial charge < -0.3 is 23.7 Å². The molecule has 180 valence electrons. The summed E-state index contributed by atoms with van der Waals surface area (Å²) in [4.78, 5) is 6.62. The molecule has 0 radical (unpaired) electrons. The van der Waals surface area contributed by atoms with Crippen molar-refractivity contribution in [3.05, 3.63) is 95.7 Å². The number of rotatable bonds is 6. The van der Waals surface area contributed by atoms with Crippen molar-refractivity contribution >= 4 is 16.5 Å². The molecule has 0 saturated heterocycles. The summed E-state index contributed by atoms with van der Waals surface area (Å²) in [5.41, 5.74) is 3.83. The van der Waals surface area contributed by atoms with Gasteiger partial charge in [-0.25, -0.2) is 4.98 Å². The van der Waals surface area contributed by atoms with Gasteiger partial charge in [-0.15, -0.1) is 0 Å². The van der Waals surface area contributed by atoms with Gasteiger partial charge in [-0.2, -0.15) is 0 Å². The summed E-state index contributed by atoms with van der Waals surface area (Å²) in [7, 11) is 4.10. The quantitative estimate of drug-likeness (QED) is 0.165. The van der Waals surface area contributed by atoms with Gasteiger partial charge in [-0.1, -0.05) is 23.1 Å². The van der Waals surface area contributed by atoms with E-state index in [0.717, 1.165) is 35.4 Å². The zero-order chi connectivity index (χ0) is 24.9. The lowest BCUT2D eigenvalue weighted by atomic mass is 10.1. The molecule has 3 aromatic heterocycles. The van der Waals surface area contributed by atoms with E-state index >= 15 is 0 Å². The third kappa shape index (κ3) is 5.24. The highest BCUT2D eigenvalue weighted by Crippen LogP contribution is 2.23. The molecule has 0 fully saturated rings. The first-order chi connectivity index (χ1) is 17.6. The van der Waals surface area contributed by atoms with Crippen molar-refractivity contribution in [1.82, 2.24) is 14.3 Å². The summed E-state index contributed by atoms with van der Waals surface area (Å²) in [6.07, 6.45) is 4.61. The van der Waals surface area contributed by atoms with E-state index in [1.807, 2.05) is 71.3 Å². The Morgan fingerprint density at radius 1 is 1.03 bits per heavy atom. The molecule has 5 aromatic rings. The second kappa shape index (κ2) is 10.4. The van der Waals surface area contributed by atoms with Crippen LogP contribution < -0.4 is 10.1 Å². The van der Waals surface area contributed by atoms with Crippen LogP contribution in [0.3, 0.4) is 0 Å². The molecular formula is C29H26N4O3. The molecule has 3 heterocycles. The van der Waals surface area contributed by atoms with E-state index in [0.29, 0.717) is 34.4 Å². The first-order valence-corrected chi connectivity index (χ1v) is 11.7. The number of benzene rings is 2. The molecule has 0 aliphatic heterocycles. The fourth-order valence-corrected chi connectivity index (χ4v) is 3.90. The smallest absolute Gasteiger partial charge is 0.155 e. The lowest BCUT2D eigenvalue weighted by Gasteiger charge is -2.10. The number of hydrogen-bond acceptors (Lipinski definition) is 6. The summed E-state index contributed by atoms with van der Waals surface area (Å²) in [6.45, 7) is 1.64. The predicted molar refractivity (Wildman–Crippen MR) is 139 cm³/mol. The van der Waals surface area contributed by atoms with Gasteiger partial charge in [-0.05, 0) is 75.1 Å². The van der Waals surface area contributed by atoms with E-state index in [4.69, 9.17) is 9.15 Å². The Morgan fingerprint density at radius 2 is 1.89 bits per heavy atom. The van der Waals surface area contributed by atoms with Crippen molar-refractivity contribution in [1.29, 1.82) is 0 Å². The standard InChI is InChI=1S/C29H26N4O3/c1-32(2)13-5-15-35-24-8-3-6-21(16-24)9-10-22-11-12-25-26(31-34)19-29(36-28(25)17-22)27-18-23-7-4-14-33(23)20-30-27/h3-4,6-8,11-12,14,16-20,34H,5,13,15H2,1-2H3/b31-26-. The minimum Gasteiger partial charge on any atom is -0.494 e. The Labute approximate surface area is 208 Å². The highest BCUT2D eigenvalue weighted by atomic mass is 16.5. The van der Waals surface area contributed by atoms with Gasteiger partial charge in [0.15, 0.2) is 5.76 Å². The molecule has 0 atom stereocenters. The van der Waals surface area contributed by atoms with Gasteiger partial charge in [0.25, 0.3) is 0 Å². The van der Waals surface area contributed by atoms with Crippen LogP contribution in [0.15, 0.2) is 88.8 Å². The molecule has 0 saturated carbocycles. The van der Waals surface area contributed by atoms with Gasteiger partial charge in [0.1, 0.15) is 22.4 Å². The molecule has 0 aliphatic carbocycles. The third-order valence-electron chi connectivity index (χ3n) is 5.73. The van der Waals surface area contributed by atoms with E-state index in [1.54, 1.807) is 12.4 Å². The Balaban J connectivity index is 1.42. The van der Waals surface area contributed by atoms with Crippen LogP contribution in [0.25, 0.3) is 27.9 Å². The number of hydrogen-bond donors (Lipinski definition) is 1. The van der Waals surface area contributed by atoms with Gasteiger partial charge in [0, 0.05) is 40.8 Å².